The van der Waals surface area contributed by atoms with Crippen LogP contribution in [0, 0.1) is 35.5 Å². The maximum atomic E-state index is 14.8. The molecule has 0 aromatic heterocycles. The first-order chi connectivity index (χ1) is 37.5. The summed E-state index contributed by atoms with van der Waals surface area (Å²) in [6.07, 6.45) is 3.81. The summed E-state index contributed by atoms with van der Waals surface area (Å²) in [4.78, 5) is 114. The summed E-state index contributed by atoms with van der Waals surface area (Å²) in [5, 5.41) is 13.8. The highest BCUT2D eigenvalue weighted by Crippen LogP contribution is 2.33. The van der Waals surface area contributed by atoms with Crippen molar-refractivity contribution < 1.29 is 57.7 Å². The van der Waals surface area contributed by atoms with Gasteiger partial charge in [0.05, 0.1) is 54.7 Å². The Hall–Kier alpha value is -5.17. The molecule has 3 unspecified atom stereocenters. The third kappa shape index (κ3) is 18.4. The van der Waals surface area contributed by atoms with Gasteiger partial charge in [-0.2, -0.15) is 11.8 Å². The summed E-state index contributed by atoms with van der Waals surface area (Å²) in [7, 11) is 6.34. The monoisotopic (exact) mass is 1120 g/mol. The molecule has 0 spiro atoms. The molecule has 2 aliphatic heterocycles. The number of rotatable bonds is 34. The highest BCUT2D eigenvalue weighted by atomic mass is 32.2. The maximum Gasteiger partial charge on any atom is 0.410 e. The number of nitrogens with zero attached hydrogens (tertiary/aromatic N) is 4. The van der Waals surface area contributed by atoms with Crippen molar-refractivity contribution in [3.8, 4) is 0 Å². The minimum Gasteiger partial charge on any atom is -0.445 e. The Bertz CT molecular complexity index is 2320. The van der Waals surface area contributed by atoms with Gasteiger partial charge in [-0.1, -0.05) is 111 Å². The molecule has 11 atom stereocenters. The van der Waals surface area contributed by atoms with Gasteiger partial charge in [-0.05, 0) is 78.9 Å². The van der Waals surface area contributed by atoms with Crippen molar-refractivity contribution >= 4 is 64.5 Å². The number of anilines is 1. The van der Waals surface area contributed by atoms with E-state index in [4.69, 9.17) is 14.2 Å². The number of carbonyl (C=O) groups is 8. The van der Waals surface area contributed by atoms with E-state index in [1.54, 1.807) is 55.3 Å². The number of carbonyl (C=O) groups excluding carboxylic acids is 8. The van der Waals surface area contributed by atoms with Gasteiger partial charge in [-0.25, -0.2) is 4.79 Å². The van der Waals surface area contributed by atoms with Gasteiger partial charge in [0, 0.05) is 84.6 Å². The fraction of sp³-hybridized carbons (Fsp3) is 0.672. The average molecular weight is 1120 g/mol. The minimum absolute atomic E-state index is 0.0216. The molecule has 0 saturated carbocycles. The predicted octanol–water partition coefficient (Wildman–Crippen LogP) is 8.79. The molecule has 2 aromatic carbocycles. The lowest BCUT2D eigenvalue weighted by molar-refractivity contribution is -0.149. The van der Waals surface area contributed by atoms with Gasteiger partial charge in [-0.15, -0.1) is 0 Å². The Balaban J connectivity index is 1.32. The van der Waals surface area contributed by atoms with E-state index in [-0.39, 0.29) is 115 Å². The molecule has 4 rings (SSSR count). The Morgan fingerprint density at radius 2 is 1.48 bits per heavy atom. The summed E-state index contributed by atoms with van der Waals surface area (Å²) in [6, 6.07) is 14.7. The summed E-state index contributed by atoms with van der Waals surface area (Å²) < 4.78 is 17.8. The van der Waals surface area contributed by atoms with Crippen molar-refractivity contribution in [3.63, 3.8) is 0 Å². The molecule has 0 aliphatic carbocycles. The SMILES string of the molecule is CC[C@H](C)[C@@H](C(CC(=O)N1CCC[C@H]1C(OC)[C@@H](C)C(=O)C[C@H](C)[C@@H](O)c1ccccc1)OC)N(C)C(=O)[C@@H](CC(=O)[C@H](C(C)C)N(C)C(=O)OCc1ccc(NCC(=O)CCCCCN2C(=O)CC(SC)C2=O)cc1)C(C)C. The first-order valence-electron chi connectivity index (χ1n) is 28.5. The molecule has 2 heterocycles. The lowest BCUT2D eigenvalue weighted by atomic mass is 9.83. The smallest absolute Gasteiger partial charge is 0.410 e. The van der Waals surface area contributed by atoms with Gasteiger partial charge in [0.2, 0.25) is 23.6 Å². The second-order valence-electron chi connectivity index (χ2n) is 22.7. The van der Waals surface area contributed by atoms with E-state index in [1.165, 1.54) is 28.6 Å². The van der Waals surface area contributed by atoms with Crippen molar-refractivity contribution in [2.75, 3.05) is 59.5 Å². The Labute approximate surface area is 474 Å². The molecule has 18 heteroatoms. The first-order valence-corrected chi connectivity index (χ1v) is 29.8. The largest absolute Gasteiger partial charge is 0.445 e. The van der Waals surface area contributed by atoms with Crippen molar-refractivity contribution in [2.45, 2.75) is 174 Å². The molecule has 2 N–H and O–H groups in total. The van der Waals surface area contributed by atoms with Crippen LogP contribution in [-0.2, 0) is 54.4 Å². The number of thioether (sulfide) groups is 1. The zero-order chi connectivity index (χ0) is 58.7. The van der Waals surface area contributed by atoms with E-state index >= 15 is 0 Å². The molecule has 79 heavy (non-hydrogen) atoms. The third-order valence-corrected chi connectivity index (χ3v) is 17.3. The fourth-order valence-corrected chi connectivity index (χ4v) is 12.0. The summed E-state index contributed by atoms with van der Waals surface area (Å²) in [6.45, 7) is 16.2. The van der Waals surface area contributed by atoms with E-state index < -0.39 is 48.3 Å². The van der Waals surface area contributed by atoms with Crippen LogP contribution in [0.5, 0.6) is 0 Å². The highest BCUT2D eigenvalue weighted by Gasteiger charge is 2.44. The summed E-state index contributed by atoms with van der Waals surface area (Å²) in [5.74, 6) is -3.25. The molecule has 5 amide bonds. The number of likely N-dealkylation sites (N-methyl/N-ethyl adjacent to an activating group) is 2. The molecule has 0 bridgehead atoms. The number of aliphatic hydroxyl groups is 1. The van der Waals surface area contributed by atoms with Crippen molar-refractivity contribution in [3.05, 3.63) is 65.7 Å². The zero-order valence-corrected chi connectivity index (χ0v) is 50.3. The number of ether oxygens (including phenoxy) is 3. The molecule has 440 valence electrons. The van der Waals surface area contributed by atoms with E-state index in [2.05, 4.69) is 5.32 Å². The lowest BCUT2D eigenvalue weighted by Crippen LogP contribution is -2.54. The number of ketones is 3. The molecular formula is C61H93N5O12S. The number of likely N-dealkylation sites (tertiary alicyclic amines) is 2. The van der Waals surface area contributed by atoms with Crippen LogP contribution in [-0.4, -0.2) is 162 Å². The van der Waals surface area contributed by atoms with Gasteiger partial charge in [0.1, 0.15) is 12.4 Å². The van der Waals surface area contributed by atoms with Crippen LogP contribution in [0.15, 0.2) is 54.6 Å². The number of nitrogens with one attached hydrogen (secondary N) is 1. The van der Waals surface area contributed by atoms with Crippen molar-refractivity contribution in [1.29, 1.82) is 0 Å². The van der Waals surface area contributed by atoms with Crippen LogP contribution >= 0.6 is 11.8 Å². The van der Waals surface area contributed by atoms with E-state index in [0.29, 0.717) is 50.8 Å². The number of aliphatic hydroxyl groups excluding tert-OH is 1. The topological polar surface area (TPSA) is 209 Å². The molecular weight excluding hydrogens is 1030 g/mol. The first kappa shape index (κ1) is 66.3. The van der Waals surface area contributed by atoms with Gasteiger partial charge in [-0.3, -0.25) is 38.5 Å². The number of Topliss-reactive ketones (excluding diaryl/α,β-unsaturated/α-hetero) is 3. The number of amides is 5. The van der Waals surface area contributed by atoms with Crippen LogP contribution < -0.4 is 5.32 Å². The van der Waals surface area contributed by atoms with E-state index in [0.717, 1.165) is 24.1 Å². The number of benzene rings is 2. The Morgan fingerprint density at radius 3 is 2.06 bits per heavy atom. The maximum absolute atomic E-state index is 14.8. The van der Waals surface area contributed by atoms with E-state index in [1.807, 2.05) is 92.0 Å². The molecule has 2 saturated heterocycles. The second-order valence-corrected chi connectivity index (χ2v) is 23.7. The summed E-state index contributed by atoms with van der Waals surface area (Å²) >= 11 is 1.40. The van der Waals surface area contributed by atoms with Crippen LogP contribution in [0.3, 0.4) is 0 Å². The highest BCUT2D eigenvalue weighted by molar-refractivity contribution is 8.00. The third-order valence-electron chi connectivity index (χ3n) is 16.4. The van der Waals surface area contributed by atoms with Crippen LogP contribution in [0.2, 0.25) is 0 Å². The number of hydrogen-bond donors (Lipinski definition) is 2. The number of methoxy groups -OCH3 is 2. The van der Waals surface area contributed by atoms with Gasteiger partial charge >= 0.3 is 6.09 Å². The number of unbranched alkanes of at least 4 members (excludes halogenated alkanes) is 2. The molecule has 0 radical (unpaired) electrons. The van der Waals surface area contributed by atoms with Crippen LogP contribution in [0.1, 0.15) is 143 Å². The lowest BCUT2D eigenvalue weighted by Gasteiger charge is -2.41. The Morgan fingerprint density at radius 1 is 0.810 bits per heavy atom. The van der Waals surface area contributed by atoms with Crippen LogP contribution in [0.4, 0.5) is 10.5 Å². The number of hydrogen-bond acceptors (Lipinski definition) is 14. The van der Waals surface area contributed by atoms with Gasteiger partial charge in [0.15, 0.2) is 11.6 Å². The zero-order valence-electron chi connectivity index (χ0n) is 49.4. The quantitative estimate of drug-likeness (QED) is 0.0496. The minimum atomic E-state index is -0.886. The Kier molecular flexibility index (Phi) is 27.1. The van der Waals surface area contributed by atoms with Crippen LogP contribution in [0.25, 0.3) is 0 Å². The van der Waals surface area contributed by atoms with Crippen molar-refractivity contribution in [2.24, 2.45) is 35.5 Å². The number of imide groups is 1. The van der Waals surface area contributed by atoms with Crippen molar-refractivity contribution in [1.82, 2.24) is 19.6 Å². The molecule has 2 aromatic rings. The standard InChI is InChI=1S/C61H93N5O12S/c1-14-40(6)56(51(76-11)34-53(70)65-31-21-25-48(65)58(77-12)42(8)49(68)32-41(7)57(72)44-22-17-15-18-23-44)63(9)59(73)47(38(2)3)33-50(69)55(39(4)5)64(10)61(75)78-37-43-26-28-45(29-27-43)62-36-46(67)24-19-16-20-30-66-54(71)35-52(79-13)60(66)74/h15,17-18,22-23,26-29,38-42,47-48,51-52,55-58,62,72H,14,16,19-21,24-25,30-37H2,1-13H3/t40-,41-,42-,47-,48-,51?,52?,55-,56-,57+,58?/m0/s1. The molecule has 17 nitrogen and oxygen atoms in total. The second kappa shape index (κ2) is 32.3. The fourth-order valence-electron chi connectivity index (χ4n) is 11.4. The average Bonchev–Trinajstić information content (AvgIpc) is 4.04. The summed E-state index contributed by atoms with van der Waals surface area (Å²) in [5.41, 5.74) is 2.17. The van der Waals surface area contributed by atoms with Gasteiger partial charge in [0.25, 0.3) is 0 Å². The van der Waals surface area contributed by atoms with E-state index in [9.17, 15) is 43.5 Å². The van der Waals surface area contributed by atoms with Gasteiger partial charge < -0.3 is 39.3 Å². The molecule has 2 aliphatic rings. The predicted molar refractivity (Wildman–Crippen MR) is 308 cm³/mol. The normalized spacial score (nSPS) is 19.1. The molecule has 2 fully saturated rings.